The summed E-state index contributed by atoms with van der Waals surface area (Å²) in [4.78, 5) is 11.9. The van der Waals surface area contributed by atoms with E-state index in [1.54, 1.807) is 29.3 Å². The van der Waals surface area contributed by atoms with Crippen LogP contribution in [0.1, 0.15) is 16.9 Å². The molecule has 114 valence electrons. The number of aryl methyl sites for hydroxylation is 2. The summed E-state index contributed by atoms with van der Waals surface area (Å²) < 4.78 is 7.01. The van der Waals surface area contributed by atoms with E-state index >= 15 is 0 Å². The van der Waals surface area contributed by atoms with Gasteiger partial charge in [0.2, 0.25) is 0 Å². The van der Waals surface area contributed by atoms with Gasteiger partial charge in [-0.05, 0) is 49.1 Å². The summed E-state index contributed by atoms with van der Waals surface area (Å²) in [5.41, 5.74) is 3.33. The molecule has 0 unspecified atom stereocenters. The van der Waals surface area contributed by atoms with Crippen LogP contribution in [0.3, 0.4) is 0 Å². The van der Waals surface area contributed by atoms with Crippen LogP contribution in [0.4, 0.5) is 0 Å². The number of fused-ring (bicyclic) bond motifs is 5. The molecule has 1 aliphatic rings. The second-order valence-electron chi connectivity index (χ2n) is 5.71. The molecule has 0 amide bonds. The zero-order valence-electron chi connectivity index (χ0n) is 12.6. The van der Waals surface area contributed by atoms with Crippen molar-refractivity contribution in [1.29, 1.82) is 0 Å². The van der Waals surface area contributed by atoms with Crippen molar-refractivity contribution in [3.8, 4) is 17.1 Å². The number of rotatable bonds is 2. The molecule has 3 aromatic heterocycles. The van der Waals surface area contributed by atoms with Crippen LogP contribution in [-0.2, 0) is 12.8 Å². The predicted octanol–water partition coefficient (Wildman–Crippen LogP) is 3.50. The lowest BCUT2D eigenvalue weighted by Gasteiger charge is -1.99. The number of thiophene rings is 1. The van der Waals surface area contributed by atoms with Crippen LogP contribution in [0.2, 0.25) is 0 Å². The van der Waals surface area contributed by atoms with Crippen LogP contribution in [0.25, 0.3) is 27.3 Å². The Morgan fingerprint density at radius 2 is 2.04 bits per heavy atom. The van der Waals surface area contributed by atoms with E-state index in [0.717, 1.165) is 34.0 Å². The lowest BCUT2D eigenvalue weighted by Crippen LogP contribution is -1.90. The average molecular weight is 322 g/mol. The first-order valence-corrected chi connectivity index (χ1v) is 8.45. The van der Waals surface area contributed by atoms with Crippen molar-refractivity contribution < 1.29 is 4.74 Å². The Morgan fingerprint density at radius 1 is 1.17 bits per heavy atom. The van der Waals surface area contributed by atoms with Crippen LogP contribution in [0.15, 0.2) is 30.6 Å². The van der Waals surface area contributed by atoms with Gasteiger partial charge in [0.1, 0.15) is 16.9 Å². The van der Waals surface area contributed by atoms with Gasteiger partial charge in [0, 0.05) is 10.4 Å². The summed E-state index contributed by atoms with van der Waals surface area (Å²) in [5, 5.41) is 5.79. The highest BCUT2D eigenvalue weighted by atomic mass is 32.1. The molecular weight excluding hydrogens is 308 g/mol. The normalized spacial score (nSPS) is 13.8. The number of aromatic nitrogens is 4. The van der Waals surface area contributed by atoms with Gasteiger partial charge in [0.05, 0.1) is 12.5 Å². The zero-order chi connectivity index (χ0) is 15.4. The summed E-state index contributed by atoms with van der Waals surface area (Å²) in [6.07, 6.45) is 5.30. The van der Waals surface area contributed by atoms with E-state index in [1.807, 2.05) is 24.3 Å². The smallest absolute Gasteiger partial charge is 0.182 e. The molecular formula is C17H14N4OS. The third-order valence-corrected chi connectivity index (χ3v) is 5.59. The first kappa shape index (κ1) is 13.0. The molecule has 0 saturated heterocycles. The maximum absolute atomic E-state index is 5.21. The van der Waals surface area contributed by atoms with Gasteiger partial charge in [-0.1, -0.05) is 0 Å². The molecule has 0 N–H and O–H groups in total. The molecule has 0 atom stereocenters. The minimum atomic E-state index is 0.722. The van der Waals surface area contributed by atoms with Crippen LogP contribution >= 0.6 is 11.3 Å². The number of ether oxygens (including phenoxy) is 1. The quantitative estimate of drug-likeness (QED) is 0.567. The topological polar surface area (TPSA) is 52.3 Å². The van der Waals surface area contributed by atoms with E-state index in [4.69, 9.17) is 9.72 Å². The van der Waals surface area contributed by atoms with Crippen molar-refractivity contribution in [3.63, 3.8) is 0 Å². The van der Waals surface area contributed by atoms with E-state index in [2.05, 4.69) is 10.1 Å². The maximum atomic E-state index is 5.21. The molecule has 4 aromatic rings. The van der Waals surface area contributed by atoms with E-state index in [9.17, 15) is 0 Å². The summed E-state index contributed by atoms with van der Waals surface area (Å²) in [6, 6.07) is 7.82. The number of nitrogens with zero attached hydrogens (tertiary/aromatic N) is 4. The van der Waals surface area contributed by atoms with Crippen LogP contribution in [0.5, 0.6) is 5.75 Å². The Kier molecular flexibility index (Phi) is 2.69. The minimum Gasteiger partial charge on any atom is -0.497 e. The zero-order valence-corrected chi connectivity index (χ0v) is 13.4. The first-order valence-electron chi connectivity index (χ1n) is 7.63. The van der Waals surface area contributed by atoms with Crippen molar-refractivity contribution in [3.05, 3.63) is 41.0 Å². The van der Waals surface area contributed by atoms with Crippen molar-refractivity contribution in [1.82, 2.24) is 19.6 Å². The van der Waals surface area contributed by atoms with Gasteiger partial charge in [0.15, 0.2) is 11.5 Å². The number of hydrogen-bond acceptors (Lipinski definition) is 5. The molecule has 1 aromatic carbocycles. The molecule has 5 nitrogen and oxygen atoms in total. The van der Waals surface area contributed by atoms with Crippen molar-refractivity contribution in [2.24, 2.45) is 0 Å². The molecule has 0 bridgehead atoms. The van der Waals surface area contributed by atoms with Gasteiger partial charge < -0.3 is 4.74 Å². The van der Waals surface area contributed by atoms with Gasteiger partial charge in [0.25, 0.3) is 0 Å². The van der Waals surface area contributed by atoms with Crippen molar-refractivity contribution >= 4 is 27.2 Å². The Balaban J connectivity index is 1.73. The van der Waals surface area contributed by atoms with E-state index in [0.29, 0.717) is 0 Å². The Labute approximate surface area is 136 Å². The molecule has 0 spiro atoms. The highest BCUT2D eigenvalue weighted by Crippen LogP contribution is 2.38. The minimum absolute atomic E-state index is 0.722. The summed E-state index contributed by atoms with van der Waals surface area (Å²) in [6.45, 7) is 0. The fraction of sp³-hybridized carbons (Fsp3) is 0.235. The largest absolute Gasteiger partial charge is 0.497 e. The second-order valence-corrected chi connectivity index (χ2v) is 6.80. The lowest BCUT2D eigenvalue weighted by atomic mass is 10.2. The number of hydrogen-bond donors (Lipinski definition) is 0. The maximum Gasteiger partial charge on any atom is 0.182 e. The third-order valence-electron chi connectivity index (χ3n) is 4.39. The van der Waals surface area contributed by atoms with Crippen LogP contribution in [0, 0.1) is 0 Å². The summed E-state index contributed by atoms with van der Waals surface area (Å²) >= 11 is 1.80. The predicted molar refractivity (Wildman–Crippen MR) is 90.2 cm³/mol. The standard InChI is InChI=1S/C17H14N4OS/c1-22-11-7-5-10(6-8-11)15-19-16-14-12-3-2-4-13(12)23-17(14)18-9-21(16)20-15/h5-9H,2-4H2,1H3. The second kappa shape index (κ2) is 4.76. The van der Waals surface area contributed by atoms with Crippen molar-refractivity contribution in [2.45, 2.75) is 19.3 Å². The fourth-order valence-electron chi connectivity index (χ4n) is 3.26. The lowest BCUT2D eigenvalue weighted by molar-refractivity contribution is 0.415. The fourth-order valence-corrected chi connectivity index (χ4v) is 4.48. The Morgan fingerprint density at radius 3 is 2.87 bits per heavy atom. The monoisotopic (exact) mass is 322 g/mol. The Hall–Kier alpha value is -2.47. The van der Waals surface area contributed by atoms with E-state index < -0.39 is 0 Å². The highest BCUT2D eigenvalue weighted by molar-refractivity contribution is 7.19. The molecule has 6 heteroatoms. The first-order chi connectivity index (χ1) is 11.3. The van der Waals surface area contributed by atoms with Crippen LogP contribution in [-0.4, -0.2) is 26.7 Å². The molecule has 0 radical (unpaired) electrons. The van der Waals surface area contributed by atoms with Gasteiger partial charge >= 0.3 is 0 Å². The molecule has 0 saturated carbocycles. The van der Waals surface area contributed by atoms with Crippen molar-refractivity contribution in [2.75, 3.05) is 7.11 Å². The van der Waals surface area contributed by atoms with E-state index in [-0.39, 0.29) is 0 Å². The number of methoxy groups -OCH3 is 1. The average Bonchev–Trinajstić information content (AvgIpc) is 3.27. The SMILES string of the molecule is COc1ccc(-c2nc3c4c5c(sc4ncn3n2)CCC5)cc1. The molecule has 0 fully saturated rings. The third kappa shape index (κ3) is 1.88. The number of benzene rings is 1. The van der Waals surface area contributed by atoms with E-state index in [1.165, 1.54) is 28.7 Å². The molecule has 5 rings (SSSR count). The molecule has 1 aliphatic carbocycles. The summed E-state index contributed by atoms with van der Waals surface area (Å²) in [7, 11) is 1.66. The van der Waals surface area contributed by atoms with Gasteiger partial charge in [-0.15, -0.1) is 16.4 Å². The van der Waals surface area contributed by atoms with Gasteiger partial charge in [-0.25, -0.2) is 14.5 Å². The molecule has 0 aliphatic heterocycles. The van der Waals surface area contributed by atoms with Gasteiger partial charge in [-0.3, -0.25) is 0 Å². The Bertz CT molecular complexity index is 1030. The summed E-state index contributed by atoms with van der Waals surface area (Å²) in [5.74, 6) is 1.55. The van der Waals surface area contributed by atoms with Crippen LogP contribution < -0.4 is 4.74 Å². The molecule has 3 heterocycles. The highest BCUT2D eigenvalue weighted by Gasteiger charge is 2.22. The molecule has 23 heavy (non-hydrogen) atoms. The van der Waals surface area contributed by atoms with Gasteiger partial charge in [-0.2, -0.15) is 0 Å².